The fraction of sp³-hybridized carbons (Fsp3) is 0.933. The van der Waals surface area contributed by atoms with Crippen LogP contribution in [-0.4, -0.2) is 5.97 Å². The first-order chi connectivity index (χ1) is 23.3. The summed E-state index contributed by atoms with van der Waals surface area (Å²) in [6, 6.07) is 0. The van der Waals surface area contributed by atoms with E-state index in [1.807, 2.05) is 0 Å². The van der Waals surface area contributed by atoms with E-state index in [1.165, 1.54) is 238 Å². The Bertz CT molecular complexity index is 667. The molecular weight excluding hydrogens is 572 g/mol. The van der Waals surface area contributed by atoms with Crippen molar-refractivity contribution in [3.8, 4) is 0 Å². The van der Waals surface area contributed by atoms with Crippen molar-refractivity contribution in [2.24, 2.45) is 5.92 Å². The third-order valence-corrected chi connectivity index (χ3v) is 10.8. The molecule has 0 aliphatic carbocycles. The quantitative estimate of drug-likeness (QED) is 0.0485. The summed E-state index contributed by atoms with van der Waals surface area (Å²) in [4.78, 5) is 12.0. The lowest BCUT2D eigenvalue weighted by molar-refractivity contribution is -0.157. The third-order valence-electron chi connectivity index (χ3n) is 10.8. The lowest BCUT2D eigenvalue weighted by atomic mass is 9.93. The van der Waals surface area contributed by atoms with Crippen molar-refractivity contribution in [2.45, 2.75) is 264 Å². The van der Waals surface area contributed by atoms with Crippen LogP contribution in [0.4, 0.5) is 0 Å². The van der Waals surface area contributed by atoms with Gasteiger partial charge in [-0.1, -0.05) is 245 Å². The molecule has 47 heavy (non-hydrogen) atoms. The molecule has 0 N–H and O–H groups in total. The van der Waals surface area contributed by atoms with Gasteiger partial charge < -0.3 is 4.74 Å². The van der Waals surface area contributed by atoms with Crippen LogP contribution < -0.4 is 0 Å². The van der Waals surface area contributed by atoms with E-state index >= 15 is 0 Å². The van der Waals surface area contributed by atoms with Gasteiger partial charge >= 0.3 is 5.97 Å². The summed E-state index contributed by atoms with van der Waals surface area (Å²) >= 11 is 0. The summed E-state index contributed by atoms with van der Waals surface area (Å²) in [5.41, 5.74) is 0. The highest BCUT2D eigenvalue weighted by Gasteiger charge is 2.36. The zero-order chi connectivity index (χ0) is 33.7. The number of esters is 1. The summed E-state index contributed by atoms with van der Waals surface area (Å²) in [5.74, 6) is 1.09. The Hall–Kier alpha value is -0.790. The van der Waals surface area contributed by atoms with Crippen LogP contribution in [0.5, 0.6) is 0 Å². The van der Waals surface area contributed by atoms with Crippen molar-refractivity contribution < 1.29 is 9.53 Å². The number of unbranched alkanes of at least 4 members (excludes halogenated alkanes) is 36. The van der Waals surface area contributed by atoms with Gasteiger partial charge in [0.25, 0.3) is 0 Å². The molecule has 1 aliphatic heterocycles. The van der Waals surface area contributed by atoms with Gasteiger partial charge in [-0.05, 0) is 25.3 Å². The van der Waals surface area contributed by atoms with Crippen molar-refractivity contribution in [1.29, 1.82) is 0 Å². The molecule has 1 fully saturated rings. The highest BCUT2D eigenvalue weighted by atomic mass is 16.6. The second kappa shape index (κ2) is 36.5. The first-order valence-electron chi connectivity index (χ1n) is 22.2. The Morgan fingerprint density at radius 3 is 0.915 bits per heavy atom. The van der Waals surface area contributed by atoms with Crippen LogP contribution in [-0.2, 0) is 9.53 Å². The maximum Gasteiger partial charge on any atom is 0.321 e. The molecule has 0 saturated carbocycles. The van der Waals surface area contributed by atoms with Crippen LogP contribution in [0, 0.1) is 5.92 Å². The van der Waals surface area contributed by atoms with Crippen molar-refractivity contribution in [1.82, 2.24) is 0 Å². The number of cyclic esters (lactones) is 1. The van der Waals surface area contributed by atoms with E-state index in [9.17, 15) is 4.79 Å². The smallest absolute Gasteiger partial charge is 0.321 e. The van der Waals surface area contributed by atoms with Crippen molar-refractivity contribution in [3.05, 3.63) is 11.8 Å². The topological polar surface area (TPSA) is 26.3 Å². The molecular formula is C45H86O2. The highest BCUT2D eigenvalue weighted by molar-refractivity contribution is 5.82. The minimum Gasteiger partial charge on any atom is -0.430 e. The Labute approximate surface area is 296 Å². The van der Waals surface area contributed by atoms with E-state index in [-0.39, 0.29) is 11.9 Å². The fourth-order valence-electron chi connectivity index (χ4n) is 7.48. The Morgan fingerprint density at radius 2 is 0.638 bits per heavy atom. The monoisotopic (exact) mass is 659 g/mol. The lowest BCUT2D eigenvalue weighted by Crippen LogP contribution is -2.32. The standard InChI is InChI=1S/C45H86O2/c1-3-5-7-9-11-13-15-17-19-21-23-24-26-28-30-32-34-36-38-40-42-44-43(45(46)47-44)41-39-37-35-33-31-29-27-25-22-20-18-16-14-12-10-8-6-4-2/h42-43H,3-41H2,1-2H3. The Balaban J connectivity index is 1.79. The van der Waals surface area contributed by atoms with E-state index < -0.39 is 0 Å². The summed E-state index contributed by atoms with van der Waals surface area (Å²) < 4.78 is 5.40. The number of carbonyl (C=O) groups excluding carboxylic acids is 1. The third kappa shape index (κ3) is 29.8. The molecule has 2 nitrogen and oxygen atoms in total. The maximum atomic E-state index is 12.0. The highest BCUT2D eigenvalue weighted by Crippen LogP contribution is 2.32. The number of allylic oxidation sites excluding steroid dienone is 1. The first-order valence-corrected chi connectivity index (χ1v) is 22.2. The van der Waals surface area contributed by atoms with Crippen LogP contribution >= 0.6 is 0 Å². The molecule has 0 amide bonds. The molecule has 0 aromatic rings. The van der Waals surface area contributed by atoms with E-state index in [1.54, 1.807) is 0 Å². The van der Waals surface area contributed by atoms with Gasteiger partial charge in [0.2, 0.25) is 0 Å². The molecule has 1 unspecified atom stereocenters. The second-order valence-electron chi connectivity index (χ2n) is 15.5. The average Bonchev–Trinajstić information content (AvgIpc) is 3.07. The molecule has 1 rings (SSSR count). The molecule has 0 radical (unpaired) electrons. The Kier molecular flexibility index (Phi) is 34.3. The number of carbonyl (C=O) groups is 1. The van der Waals surface area contributed by atoms with Gasteiger partial charge in [-0.3, -0.25) is 4.79 Å². The van der Waals surface area contributed by atoms with Gasteiger partial charge in [0.05, 0.1) is 0 Å². The largest absolute Gasteiger partial charge is 0.430 e. The molecule has 1 atom stereocenters. The van der Waals surface area contributed by atoms with Crippen LogP contribution in [0.2, 0.25) is 0 Å². The summed E-state index contributed by atoms with van der Waals surface area (Å²) in [6.45, 7) is 4.60. The summed E-state index contributed by atoms with van der Waals surface area (Å²) in [5, 5.41) is 0. The van der Waals surface area contributed by atoms with Crippen molar-refractivity contribution in [3.63, 3.8) is 0 Å². The molecule has 0 bridgehead atoms. The van der Waals surface area contributed by atoms with E-state index in [2.05, 4.69) is 19.9 Å². The van der Waals surface area contributed by atoms with E-state index in [4.69, 9.17) is 4.74 Å². The first kappa shape index (κ1) is 44.2. The van der Waals surface area contributed by atoms with Gasteiger partial charge in [0.1, 0.15) is 11.7 Å². The van der Waals surface area contributed by atoms with E-state index in [0.717, 1.165) is 18.6 Å². The van der Waals surface area contributed by atoms with Crippen LogP contribution in [0.3, 0.4) is 0 Å². The molecule has 2 heteroatoms. The molecule has 1 aliphatic rings. The maximum absolute atomic E-state index is 12.0. The normalized spacial score (nSPS) is 15.4. The van der Waals surface area contributed by atoms with Crippen molar-refractivity contribution in [2.75, 3.05) is 0 Å². The number of hydrogen-bond donors (Lipinski definition) is 0. The number of ether oxygens (including phenoxy) is 1. The Morgan fingerprint density at radius 1 is 0.383 bits per heavy atom. The molecule has 278 valence electrons. The minimum atomic E-state index is 0.0244. The minimum absolute atomic E-state index is 0.0244. The summed E-state index contributed by atoms with van der Waals surface area (Å²) in [7, 11) is 0. The van der Waals surface area contributed by atoms with Gasteiger partial charge in [-0.15, -0.1) is 0 Å². The zero-order valence-corrected chi connectivity index (χ0v) is 32.5. The van der Waals surface area contributed by atoms with E-state index in [0.29, 0.717) is 0 Å². The lowest BCUT2D eigenvalue weighted by Gasteiger charge is -2.28. The SMILES string of the molecule is CCCCCCCCCCCCCCCCCCCCCC=C1OC(=O)C1CCCCCCCCCCCCCCCCCCCC. The zero-order valence-electron chi connectivity index (χ0n) is 32.5. The van der Waals surface area contributed by atoms with Gasteiger partial charge in [-0.2, -0.15) is 0 Å². The fourth-order valence-corrected chi connectivity index (χ4v) is 7.48. The molecule has 0 aromatic carbocycles. The van der Waals surface area contributed by atoms with Crippen molar-refractivity contribution >= 4 is 5.97 Å². The predicted octanol–water partition coefficient (Wildman–Crippen LogP) is 16.3. The summed E-state index contributed by atoms with van der Waals surface area (Å²) in [6.07, 6.45) is 56.6. The van der Waals surface area contributed by atoms with Gasteiger partial charge in [0.15, 0.2) is 0 Å². The van der Waals surface area contributed by atoms with Gasteiger partial charge in [0, 0.05) is 0 Å². The van der Waals surface area contributed by atoms with Crippen LogP contribution in [0.25, 0.3) is 0 Å². The molecule has 0 spiro atoms. The van der Waals surface area contributed by atoms with Crippen LogP contribution in [0.1, 0.15) is 264 Å². The predicted molar refractivity (Wildman–Crippen MR) is 209 cm³/mol. The molecule has 1 heterocycles. The average molecular weight is 659 g/mol. The second-order valence-corrected chi connectivity index (χ2v) is 15.5. The van der Waals surface area contributed by atoms with Gasteiger partial charge in [-0.25, -0.2) is 0 Å². The molecule has 1 saturated heterocycles. The number of rotatable bonds is 39. The number of hydrogen-bond acceptors (Lipinski definition) is 2. The van der Waals surface area contributed by atoms with Crippen LogP contribution in [0.15, 0.2) is 11.8 Å². The molecule has 0 aromatic heterocycles.